The number of aryl methyl sites for hydroxylation is 1. The fraction of sp³-hybridized carbons (Fsp3) is 0.136. The normalized spacial score (nSPS) is 13.5. The Bertz CT molecular complexity index is 1160. The van der Waals surface area contributed by atoms with Gasteiger partial charge in [0.15, 0.2) is 0 Å². The molecule has 1 aliphatic rings. The van der Waals surface area contributed by atoms with Crippen LogP contribution in [0.15, 0.2) is 71.8 Å². The van der Waals surface area contributed by atoms with Crippen LogP contribution in [0.3, 0.4) is 0 Å². The maximum atomic E-state index is 13.0. The first-order chi connectivity index (χ1) is 14.0. The molecule has 7 heteroatoms. The first-order valence-electron chi connectivity index (χ1n) is 9.16. The van der Waals surface area contributed by atoms with Crippen molar-refractivity contribution in [3.8, 4) is 11.6 Å². The van der Waals surface area contributed by atoms with Crippen molar-refractivity contribution in [2.24, 2.45) is 0 Å². The number of benzene rings is 2. The number of halogens is 1. The van der Waals surface area contributed by atoms with Crippen molar-refractivity contribution in [1.29, 1.82) is 0 Å². The maximum absolute atomic E-state index is 13.0. The van der Waals surface area contributed by atoms with Gasteiger partial charge in [-0.3, -0.25) is 0 Å². The number of nitrogens with zero attached hydrogens (tertiary/aromatic N) is 1. The molecule has 0 saturated heterocycles. The van der Waals surface area contributed by atoms with E-state index in [1.165, 1.54) is 24.3 Å². The summed E-state index contributed by atoms with van der Waals surface area (Å²) in [4.78, 5) is 4.49. The van der Waals surface area contributed by atoms with Gasteiger partial charge in [0.05, 0.1) is 4.91 Å². The van der Waals surface area contributed by atoms with E-state index in [1.54, 1.807) is 24.4 Å². The lowest BCUT2D eigenvalue weighted by Crippen LogP contribution is -2.25. The van der Waals surface area contributed by atoms with E-state index in [2.05, 4.69) is 9.71 Å². The number of rotatable bonds is 6. The minimum absolute atomic E-state index is 0.115. The van der Waals surface area contributed by atoms with Gasteiger partial charge in [0.25, 0.3) is 0 Å². The molecule has 3 aromatic rings. The fourth-order valence-corrected chi connectivity index (χ4v) is 4.32. The number of hydrogen-bond donors (Lipinski definition) is 1. The number of sulfonamides is 1. The second kappa shape index (κ2) is 8.14. The standard InChI is InChI=1S/C22H19FN2O3S/c23-19-6-8-20(9-7-19)28-22-13-16(11-12-24-22)15-25-29(26,27)21-10-5-17-3-1-2-4-18(17)14-21/h1-4,6-9,11-14,25H,5,10,15H2. The molecular weight excluding hydrogens is 391 g/mol. The molecule has 0 radical (unpaired) electrons. The quantitative estimate of drug-likeness (QED) is 0.653. The summed E-state index contributed by atoms with van der Waals surface area (Å²) >= 11 is 0. The number of nitrogens with one attached hydrogen (secondary N) is 1. The van der Waals surface area contributed by atoms with Crippen molar-refractivity contribution < 1.29 is 17.5 Å². The van der Waals surface area contributed by atoms with Crippen LogP contribution in [0.25, 0.3) is 6.08 Å². The summed E-state index contributed by atoms with van der Waals surface area (Å²) in [5, 5.41) is 0. The van der Waals surface area contributed by atoms with Crippen LogP contribution in [0, 0.1) is 5.82 Å². The van der Waals surface area contributed by atoms with Gasteiger partial charge in [-0.1, -0.05) is 24.3 Å². The molecule has 1 heterocycles. The zero-order chi connectivity index (χ0) is 20.3. The molecule has 0 bridgehead atoms. The monoisotopic (exact) mass is 410 g/mol. The molecule has 5 nitrogen and oxygen atoms in total. The minimum atomic E-state index is -3.59. The van der Waals surface area contributed by atoms with Crippen LogP contribution in [0.5, 0.6) is 11.6 Å². The third kappa shape index (κ3) is 4.70. The first kappa shape index (κ1) is 19.3. The van der Waals surface area contributed by atoms with E-state index in [9.17, 15) is 12.8 Å². The van der Waals surface area contributed by atoms with Gasteiger partial charge >= 0.3 is 0 Å². The van der Waals surface area contributed by atoms with Gasteiger partial charge < -0.3 is 4.74 Å². The van der Waals surface area contributed by atoms with Crippen LogP contribution in [-0.2, 0) is 23.0 Å². The third-order valence-corrected chi connectivity index (χ3v) is 6.20. The molecule has 0 fully saturated rings. The highest BCUT2D eigenvalue weighted by Gasteiger charge is 2.21. The third-order valence-electron chi connectivity index (χ3n) is 4.66. The molecule has 0 amide bonds. The number of pyridine rings is 1. The predicted octanol–water partition coefficient (Wildman–Crippen LogP) is 4.42. The Morgan fingerprint density at radius 3 is 2.66 bits per heavy atom. The van der Waals surface area contributed by atoms with Gasteiger partial charge in [0.1, 0.15) is 11.6 Å². The summed E-state index contributed by atoms with van der Waals surface area (Å²) in [7, 11) is -3.59. The van der Waals surface area contributed by atoms with Crippen molar-refractivity contribution in [1.82, 2.24) is 9.71 Å². The second-order valence-electron chi connectivity index (χ2n) is 6.69. The molecule has 2 aromatic carbocycles. The SMILES string of the molecule is O=S(=O)(NCc1ccnc(Oc2ccc(F)cc2)c1)C1=Cc2ccccc2CC1. The molecule has 29 heavy (non-hydrogen) atoms. The van der Waals surface area contributed by atoms with E-state index >= 15 is 0 Å². The van der Waals surface area contributed by atoms with Crippen molar-refractivity contribution >= 4 is 16.1 Å². The van der Waals surface area contributed by atoms with Crippen molar-refractivity contribution in [2.45, 2.75) is 19.4 Å². The molecular formula is C22H19FN2O3S. The largest absolute Gasteiger partial charge is 0.439 e. The minimum Gasteiger partial charge on any atom is -0.439 e. The average molecular weight is 410 g/mol. The lowest BCUT2D eigenvalue weighted by Gasteiger charge is -2.17. The Labute approximate surface area is 168 Å². The molecule has 1 aromatic heterocycles. The summed E-state index contributed by atoms with van der Waals surface area (Å²) in [6.45, 7) is 0.115. The van der Waals surface area contributed by atoms with E-state index < -0.39 is 10.0 Å². The summed E-state index contributed by atoms with van der Waals surface area (Å²) in [5.74, 6) is 0.398. The van der Waals surface area contributed by atoms with Crippen LogP contribution >= 0.6 is 0 Å². The Morgan fingerprint density at radius 1 is 1.03 bits per heavy atom. The number of allylic oxidation sites excluding steroid dienone is 1. The van der Waals surface area contributed by atoms with Crippen molar-refractivity contribution in [2.75, 3.05) is 0 Å². The van der Waals surface area contributed by atoms with Crippen molar-refractivity contribution in [3.63, 3.8) is 0 Å². The zero-order valence-electron chi connectivity index (χ0n) is 15.5. The number of fused-ring (bicyclic) bond motifs is 1. The molecule has 0 atom stereocenters. The van der Waals surface area contributed by atoms with E-state index in [0.29, 0.717) is 34.9 Å². The number of hydrogen-bond acceptors (Lipinski definition) is 4. The van der Waals surface area contributed by atoms with Crippen LogP contribution in [0.4, 0.5) is 4.39 Å². The van der Waals surface area contributed by atoms with E-state index in [-0.39, 0.29) is 12.4 Å². The van der Waals surface area contributed by atoms with Gasteiger partial charge in [-0.05, 0) is 65.9 Å². The summed E-state index contributed by atoms with van der Waals surface area (Å²) in [6.07, 6.45) is 4.45. The smallest absolute Gasteiger partial charge is 0.237 e. The average Bonchev–Trinajstić information content (AvgIpc) is 2.74. The summed E-state index contributed by atoms with van der Waals surface area (Å²) in [5.41, 5.74) is 2.80. The van der Waals surface area contributed by atoms with Gasteiger partial charge in [-0.15, -0.1) is 0 Å². The van der Waals surface area contributed by atoms with Gasteiger partial charge in [0, 0.05) is 18.8 Å². The highest BCUT2D eigenvalue weighted by Crippen LogP contribution is 2.27. The Balaban J connectivity index is 1.45. The van der Waals surface area contributed by atoms with Crippen molar-refractivity contribution in [3.05, 3.63) is 94.3 Å². The van der Waals surface area contributed by atoms with Crippen LogP contribution in [0.1, 0.15) is 23.1 Å². The topological polar surface area (TPSA) is 68.3 Å². The Morgan fingerprint density at radius 2 is 1.83 bits per heavy atom. The van der Waals surface area contributed by atoms with Gasteiger partial charge in [0.2, 0.25) is 15.9 Å². The summed E-state index contributed by atoms with van der Waals surface area (Å²) < 4.78 is 46.7. The molecule has 1 aliphatic carbocycles. The Kier molecular flexibility index (Phi) is 5.42. The highest BCUT2D eigenvalue weighted by molar-refractivity contribution is 7.93. The van der Waals surface area contributed by atoms with Crippen LogP contribution in [0.2, 0.25) is 0 Å². The highest BCUT2D eigenvalue weighted by atomic mass is 32.2. The maximum Gasteiger partial charge on any atom is 0.237 e. The van der Waals surface area contributed by atoms with E-state index in [1.807, 2.05) is 24.3 Å². The molecule has 0 aliphatic heterocycles. The molecule has 4 rings (SSSR count). The molecule has 0 saturated carbocycles. The number of ether oxygens (including phenoxy) is 1. The zero-order valence-corrected chi connectivity index (χ0v) is 16.3. The lowest BCUT2D eigenvalue weighted by molar-refractivity contribution is 0.460. The molecule has 1 N–H and O–H groups in total. The molecule has 0 spiro atoms. The summed E-state index contributed by atoms with van der Waals surface area (Å²) in [6, 6.07) is 16.7. The second-order valence-corrected chi connectivity index (χ2v) is 8.51. The predicted molar refractivity (Wildman–Crippen MR) is 109 cm³/mol. The molecule has 0 unspecified atom stereocenters. The van der Waals surface area contributed by atoms with Gasteiger partial charge in [-0.25, -0.2) is 22.5 Å². The lowest BCUT2D eigenvalue weighted by atomic mass is 9.98. The van der Waals surface area contributed by atoms with Gasteiger partial charge in [-0.2, -0.15) is 0 Å². The Hall–Kier alpha value is -3.03. The fourth-order valence-electron chi connectivity index (χ4n) is 3.13. The first-order valence-corrected chi connectivity index (χ1v) is 10.6. The number of aromatic nitrogens is 1. The van der Waals surface area contributed by atoms with E-state index in [0.717, 1.165) is 11.1 Å². The van der Waals surface area contributed by atoms with E-state index in [4.69, 9.17) is 4.74 Å². The molecule has 148 valence electrons. The van der Waals surface area contributed by atoms with Crippen LogP contribution in [-0.4, -0.2) is 13.4 Å². The van der Waals surface area contributed by atoms with Crippen LogP contribution < -0.4 is 9.46 Å².